The Kier molecular flexibility index (Phi) is 3.70. The highest BCUT2D eigenvalue weighted by Gasteiger charge is 2.08. The minimum atomic E-state index is -0.361. The molecule has 0 bridgehead atoms. The topological polar surface area (TPSA) is 41.1 Å². The predicted molar refractivity (Wildman–Crippen MR) is 71.3 cm³/mol. The molecule has 16 heavy (non-hydrogen) atoms. The van der Waals surface area contributed by atoms with Crippen molar-refractivity contribution in [1.29, 1.82) is 0 Å². The number of hydrogen-bond donors (Lipinski definition) is 2. The van der Waals surface area contributed by atoms with E-state index < -0.39 is 0 Å². The number of amides is 2. The predicted octanol–water partition coefficient (Wildman–Crippen LogP) is 4.76. The van der Waals surface area contributed by atoms with Crippen LogP contribution in [0.3, 0.4) is 0 Å². The summed E-state index contributed by atoms with van der Waals surface area (Å²) in [7, 11) is 0. The molecular weight excluding hydrogens is 287 g/mol. The smallest absolute Gasteiger partial charge is 0.305 e. The molecule has 2 aromatic rings. The van der Waals surface area contributed by atoms with Crippen LogP contribution in [0, 0.1) is 0 Å². The fraction of sp³-hybridized carbons (Fsp3) is 0. The lowest BCUT2D eigenvalue weighted by molar-refractivity contribution is 0.262. The highest BCUT2D eigenvalue weighted by atomic mass is 35.5. The molecule has 0 saturated carbocycles. The van der Waals surface area contributed by atoms with Crippen molar-refractivity contribution >= 4 is 63.3 Å². The van der Waals surface area contributed by atoms with Crippen LogP contribution in [-0.2, 0) is 0 Å². The molecule has 3 nitrogen and oxygen atoms in total. The molecule has 0 atom stereocenters. The average molecular weight is 293 g/mol. The number of urea groups is 1. The van der Waals surface area contributed by atoms with Crippen LogP contribution in [0.5, 0.6) is 0 Å². The van der Waals surface area contributed by atoms with Gasteiger partial charge >= 0.3 is 6.03 Å². The van der Waals surface area contributed by atoms with Gasteiger partial charge in [0, 0.05) is 21.5 Å². The molecule has 0 spiro atoms. The molecule has 0 fully saturated rings. The monoisotopic (exact) mass is 292 g/mol. The highest BCUT2D eigenvalue weighted by Crippen LogP contribution is 2.28. The van der Waals surface area contributed by atoms with Crippen molar-refractivity contribution < 1.29 is 4.79 Å². The van der Waals surface area contributed by atoms with Gasteiger partial charge in [0.2, 0.25) is 0 Å². The van der Waals surface area contributed by atoms with Gasteiger partial charge < -0.3 is 10.6 Å². The highest BCUT2D eigenvalue weighted by molar-refractivity contribution is 7.09. The number of thiophene rings is 2. The van der Waals surface area contributed by atoms with E-state index in [0.29, 0.717) is 21.4 Å². The second-order valence-electron chi connectivity index (χ2n) is 2.85. The van der Waals surface area contributed by atoms with E-state index >= 15 is 0 Å². The van der Waals surface area contributed by atoms with Gasteiger partial charge in [-0.05, 0) is 0 Å². The molecule has 2 rings (SSSR count). The fourth-order valence-corrected chi connectivity index (χ4v) is 2.93. The molecule has 2 amide bonds. The number of halogens is 2. The second kappa shape index (κ2) is 5.05. The Hall–Kier alpha value is -0.750. The first-order chi connectivity index (χ1) is 7.66. The Balaban J connectivity index is 2.00. The number of anilines is 2. The summed E-state index contributed by atoms with van der Waals surface area (Å²) in [6, 6.07) is -0.361. The van der Waals surface area contributed by atoms with Crippen molar-refractivity contribution in [2.45, 2.75) is 0 Å². The summed E-state index contributed by atoms with van der Waals surface area (Å²) in [6.45, 7) is 0. The third-order valence-electron chi connectivity index (χ3n) is 1.73. The van der Waals surface area contributed by atoms with Gasteiger partial charge in [0.25, 0.3) is 0 Å². The van der Waals surface area contributed by atoms with Gasteiger partial charge in [-0.25, -0.2) is 4.79 Å². The summed E-state index contributed by atoms with van der Waals surface area (Å²) in [4.78, 5) is 11.6. The Morgan fingerprint density at radius 1 is 0.938 bits per heavy atom. The maximum Gasteiger partial charge on any atom is 0.323 e. The van der Waals surface area contributed by atoms with Crippen LogP contribution in [0.4, 0.5) is 16.2 Å². The van der Waals surface area contributed by atoms with E-state index in [2.05, 4.69) is 10.6 Å². The standard InChI is InChI=1S/C9H6Cl2N2OS2/c10-5-1-15-3-7(5)12-9(14)13-8-4-16-2-6(8)11/h1-4H,(H2,12,13,14). The number of nitrogens with one attached hydrogen (secondary N) is 2. The Morgan fingerprint density at radius 2 is 1.38 bits per heavy atom. The molecule has 0 aliphatic heterocycles. The normalized spacial score (nSPS) is 10.1. The summed E-state index contributed by atoms with van der Waals surface area (Å²) < 4.78 is 0. The van der Waals surface area contributed by atoms with Gasteiger partial charge in [0.1, 0.15) is 0 Å². The van der Waals surface area contributed by atoms with Crippen LogP contribution < -0.4 is 10.6 Å². The Morgan fingerprint density at radius 3 is 1.69 bits per heavy atom. The van der Waals surface area contributed by atoms with E-state index in [1.54, 1.807) is 21.5 Å². The molecule has 2 N–H and O–H groups in total. The van der Waals surface area contributed by atoms with E-state index in [1.165, 1.54) is 22.7 Å². The molecule has 2 heterocycles. The molecule has 0 unspecified atom stereocenters. The number of rotatable bonds is 2. The molecule has 0 aromatic carbocycles. The molecular formula is C9H6Cl2N2OS2. The zero-order valence-corrected chi connectivity index (χ0v) is 10.9. The molecule has 7 heteroatoms. The van der Waals surface area contributed by atoms with Gasteiger partial charge in [0.15, 0.2) is 0 Å². The molecule has 0 aliphatic carbocycles. The second-order valence-corrected chi connectivity index (χ2v) is 5.15. The van der Waals surface area contributed by atoms with Crippen molar-refractivity contribution in [2.75, 3.05) is 10.6 Å². The van der Waals surface area contributed by atoms with Crippen LogP contribution in [0.2, 0.25) is 10.0 Å². The first kappa shape index (κ1) is 11.7. The first-order valence-electron chi connectivity index (χ1n) is 4.18. The maximum atomic E-state index is 11.6. The Bertz CT molecular complexity index is 465. The van der Waals surface area contributed by atoms with Gasteiger partial charge in [-0.2, -0.15) is 0 Å². The van der Waals surface area contributed by atoms with Gasteiger partial charge in [-0.1, -0.05) is 23.2 Å². The van der Waals surface area contributed by atoms with E-state index in [-0.39, 0.29) is 6.03 Å². The lowest BCUT2D eigenvalue weighted by Gasteiger charge is -2.05. The van der Waals surface area contributed by atoms with Crippen molar-refractivity contribution in [3.63, 3.8) is 0 Å². The van der Waals surface area contributed by atoms with E-state index in [4.69, 9.17) is 23.2 Å². The summed E-state index contributed by atoms with van der Waals surface area (Å²) in [5.74, 6) is 0. The minimum Gasteiger partial charge on any atom is -0.305 e. The first-order valence-corrected chi connectivity index (χ1v) is 6.82. The zero-order valence-electron chi connectivity index (χ0n) is 7.79. The largest absolute Gasteiger partial charge is 0.323 e. The van der Waals surface area contributed by atoms with Crippen molar-refractivity contribution in [1.82, 2.24) is 0 Å². The van der Waals surface area contributed by atoms with Crippen molar-refractivity contribution in [3.8, 4) is 0 Å². The van der Waals surface area contributed by atoms with Gasteiger partial charge in [0.05, 0.1) is 21.4 Å². The number of carbonyl (C=O) groups is 1. The molecule has 0 radical (unpaired) electrons. The fourth-order valence-electron chi connectivity index (χ4n) is 1.02. The SMILES string of the molecule is O=C(Nc1cscc1Cl)Nc1cscc1Cl. The van der Waals surface area contributed by atoms with E-state index in [1.807, 2.05) is 0 Å². The van der Waals surface area contributed by atoms with E-state index in [0.717, 1.165) is 0 Å². The third kappa shape index (κ3) is 2.68. The molecule has 2 aromatic heterocycles. The lowest BCUT2D eigenvalue weighted by atomic mass is 10.5. The summed E-state index contributed by atoms with van der Waals surface area (Å²) in [5, 5.41) is 13.3. The molecule has 0 saturated heterocycles. The van der Waals surface area contributed by atoms with Crippen LogP contribution in [0.15, 0.2) is 21.5 Å². The summed E-state index contributed by atoms with van der Waals surface area (Å²) in [5.41, 5.74) is 1.19. The minimum absolute atomic E-state index is 0.361. The number of hydrogen-bond acceptors (Lipinski definition) is 3. The zero-order chi connectivity index (χ0) is 11.5. The summed E-state index contributed by atoms with van der Waals surface area (Å²) >= 11 is 14.5. The van der Waals surface area contributed by atoms with Crippen LogP contribution in [-0.4, -0.2) is 6.03 Å². The van der Waals surface area contributed by atoms with Crippen LogP contribution in [0.25, 0.3) is 0 Å². The lowest BCUT2D eigenvalue weighted by Crippen LogP contribution is -2.18. The van der Waals surface area contributed by atoms with Gasteiger partial charge in [-0.15, -0.1) is 22.7 Å². The van der Waals surface area contributed by atoms with E-state index in [9.17, 15) is 4.79 Å². The third-order valence-corrected chi connectivity index (χ3v) is 4.10. The number of carbonyl (C=O) groups excluding carboxylic acids is 1. The Labute approximate surface area is 110 Å². The quantitative estimate of drug-likeness (QED) is 0.823. The molecule has 84 valence electrons. The molecule has 0 aliphatic rings. The van der Waals surface area contributed by atoms with Gasteiger partial charge in [-0.3, -0.25) is 0 Å². The summed E-state index contributed by atoms with van der Waals surface area (Å²) in [6.07, 6.45) is 0. The van der Waals surface area contributed by atoms with Crippen LogP contribution >= 0.6 is 45.9 Å². The average Bonchev–Trinajstić information content (AvgIpc) is 2.79. The van der Waals surface area contributed by atoms with Crippen molar-refractivity contribution in [2.24, 2.45) is 0 Å². The maximum absolute atomic E-state index is 11.6. The van der Waals surface area contributed by atoms with Crippen molar-refractivity contribution in [3.05, 3.63) is 31.6 Å². The van der Waals surface area contributed by atoms with Crippen LogP contribution in [0.1, 0.15) is 0 Å².